The number of aryl methyl sites for hydroxylation is 1. The number of piperidine rings is 1. The van der Waals surface area contributed by atoms with Gasteiger partial charge in [0, 0.05) is 44.5 Å². The van der Waals surface area contributed by atoms with Crippen molar-refractivity contribution in [2.24, 2.45) is 0 Å². The third-order valence-corrected chi connectivity index (χ3v) is 6.49. The third kappa shape index (κ3) is 5.64. The largest absolute Gasteiger partial charge is 0.338 e. The zero-order chi connectivity index (χ0) is 18.4. The summed E-state index contributed by atoms with van der Waals surface area (Å²) in [6.07, 6.45) is 5.26. The highest BCUT2D eigenvalue weighted by Gasteiger charge is 2.30. The van der Waals surface area contributed by atoms with E-state index in [1.165, 1.54) is 4.31 Å². The van der Waals surface area contributed by atoms with E-state index in [1.807, 2.05) is 6.92 Å². The van der Waals surface area contributed by atoms with Crippen LogP contribution < -0.4 is 10.6 Å². The topological polar surface area (TPSA) is 104 Å². The van der Waals surface area contributed by atoms with E-state index in [0.717, 1.165) is 11.4 Å². The Morgan fingerprint density at radius 2 is 2.00 bits per heavy atom. The number of urea groups is 1. The van der Waals surface area contributed by atoms with Crippen LogP contribution in [0.5, 0.6) is 0 Å². The van der Waals surface area contributed by atoms with Gasteiger partial charge in [0.1, 0.15) is 0 Å². The number of rotatable bonds is 6. The average molecular weight is 369 g/mol. The van der Waals surface area contributed by atoms with E-state index in [4.69, 9.17) is 0 Å². The van der Waals surface area contributed by atoms with Gasteiger partial charge >= 0.3 is 6.03 Å². The maximum absolute atomic E-state index is 12.1. The molecule has 8 nitrogen and oxygen atoms in total. The van der Waals surface area contributed by atoms with E-state index in [1.54, 1.807) is 26.2 Å². The van der Waals surface area contributed by atoms with Crippen LogP contribution >= 0.6 is 0 Å². The second kappa shape index (κ2) is 8.57. The molecule has 0 aliphatic carbocycles. The number of sulfonamides is 1. The smallest absolute Gasteiger partial charge is 0.315 e. The molecule has 2 rings (SSSR count). The standard InChI is InChI=1S/C16H27N5O3S/c1-12(2)25(23,24)21-8-5-14(6-9-21)20-16(22)18-7-4-15-11-17-10-13(3)19-15/h10-12,14H,4-9H2,1-3H3,(H2,18,20,22). The van der Waals surface area contributed by atoms with Gasteiger partial charge in [-0.2, -0.15) is 0 Å². The van der Waals surface area contributed by atoms with Gasteiger partial charge < -0.3 is 10.6 Å². The van der Waals surface area contributed by atoms with Gasteiger partial charge in [-0.1, -0.05) is 0 Å². The number of aromatic nitrogens is 2. The van der Waals surface area contributed by atoms with Crippen LogP contribution in [0.1, 0.15) is 38.1 Å². The minimum Gasteiger partial charge on any atom is -0.338 e. The molecule has 1 aliphatic rings. The first kappa shape index (κ1) is 19.6. The molecule has 2 N–H and O–H groups in total. The van der Waals surface area contributed by atoms with E-state index in [-0.39, 0.29) is 12.1 Å². The Balaban J connectivity index is 1.70. The molecule has 0 spiro atoms. The number of hydrogen-bond donors (Lipinski definition) is 2. The lowest BCUT2D eigenvalue weighted by Gasteiger charge is -2.32. The van der Waals surface area contributed by atoms with Crippen LogP contribution in [0.3, 0.4) is 0 Å². The van der Waals surface area contributed by atoms with E-state index in [9.17, 15) is 13.2 Å². The summed E-state index contributed by atoms with van der Waals surface area (Å²) in [5, 5.41) is 5.31. The molecule has 1 aromatic heterocycles. The Labute approximate surface area is 149 Å². The van der Waals surface area contributed by atoms with Crippen molar-refractivity contribution >= 4 is 16.1 Å². The van der Waals surface area contributed by atoms with Gasteiger partial charge in [-0.15, -0.1) is 0 Å². The number of carbonyl (C=O) groups is 1. The molecule has 140 valence electrons. The maximum atomic E-state index is 12.1. The minimum atomic E-state index is -3.21. The van der Waals surface area contributed by atoms with E-state index < -0.39 is 15.3 Å². The average Bonchev–Trinajstić information content (AvgIpc) is 2.55. The van der Waals surface area contributed by atoms with E-state index >= 15 is 0 Å². The quantitative estimate of drug-likeness (QED) is 0.773. The van der Waals surface area contributed by atoms with Gasteiger partial charge in [0.05, 0.1) is 16.6 Å². The van der Waals surface area contributed by atoms with Crippen molar-refractivity contribution in [2.75, 3.05) is 19.6 Å². The lowest BCUT2D eigenvalue weighted by atomic mass is 10.1. The molecule has 0 aromatic carbocycles. The maximum Gasteiger partial charge on any atom is 0.315 e. The number of amides is 2. The Hall–Kier alpha value is -1.74. The molecule has 0 unspecified atom stereocenters. The lowest BCUT2D eigenvalue weighted by Crippen LogP contribution is -2.50. The molecule has 0 atom stereocenters. The molecule has 1 aromatic rings. The van der Waals surface area contributed by atoms with Gasteiger partial charge in [0.2, 0.25) is 10.0 Å². The summed E-state index contributed by atoms with van der Waals surface area (Å²) in [6.45, 7) is 6.62. The first-order chi connectivity index (χ1) is 11.8. The summed E-state index contributed by atoms with van der Waals surface area (Å²) >= 11 is 0. The van der Waals surface area contributed by atoms with Crippen molar-refractivity contribution < 1.29 is 13.2 Å². The summed E-state index contributed by atoms with van der Waals surface area (Å²) in [4.78, 5) is 20.4. The zero-order valence-electron chi connectivity index (χ0n) is 15.0. The van der Waals surface area contributed by atoms with Crippen molar-refractivity contribution in [1.82, 2.24) is 24.9 Å². The van der Waals surface area contributed by atoms with Crippen LogP contribution in [0.4, 0.5) is 4.79 Å². The second-order valence-electron chi connectivity index (χ2n) is 6.57. The predicted octanol–water partition coefficient (Wildman–Crippen LogP) is 0.829. The van der Waals surface area contributed by atoms with Crippen molar-refractivity contribution in [3.63, 3.8) is 0 Å². The molecule has 2 amide bonds. The predicted molar refractivity (Wildman–Crippen MR) is 95.7 cm³/mol. The molecule has 0 radical (unpaired) electrons. The molecule has 9 heteroatoms. The summed E-state index contributed by atoms with van der Waals surface area (Å²) < 4.78 is 25.8. The molecule has 0 saturated carbocycles. The Kier molecular flexibility index (Phi) is 6.71. The van der Waals surface area contributed by atoms with Crippen molar-refractivity contribution in [3.8, 4) is 0 Å². The highest BCUT2D eigenvalue weighted by atomic mass is 32.2. The molecule has 1 fully saturated rings. The van der Waals surface area contributed by atoms with Crippen molar-refractivity contribution in [2.45, 2.75) is 51.3 Å². The van der Waals surface area contributed by atoms with Crippen LogP contribution in [0.2, 0.25) is 0 Å². The van der Waals surface area contributed by atoms with Gasteiger partial charge in [0.15, 0.2) is 0 Å². The Bertz CT molecular complexity index is 685. The summed E-state index contributed by atoms with van der Waals surface area (Å²) in [7, 11) is -3.21. The number of hydrogen-bond acceptors (Lipinski definition) is 5. The van der Waals surface area contributed by atoms with E-state index in [0.29, 0.717) is 38.9 Å². The monoisotopic (exact) mass is 369 g/mol. The number of nitrogens with zero attached hydrogens (tertiary/aromatic N) is 3. The summed E-state index contributed by atoms with van der Waals surface area (Å²) in [5.41, 5.74) is 1.69. The Morgan fingerprint density at radius 1 is 1.32 bits per heavy atom. The molecule has 1 aliphatic heterocycles. The molecule has 25 heavy (non-hydrogen) atoms. The van der Waals surface area contributed by atoms with Crippen LogP contribution in [-0.2, 0) is 16.4 Å². The van der Waals surface area contributed by atoms with Gasteiger partial charge in [-0.25, -0.2) is 17.5 Å². The zero-order valence-corrected chi connectivity index (χ0v) is 15.8. The van der Waals surface area contributed by atoms with Crippen LogP contribution in [0.25, 0.3) is 0 Å². The summed E-state index contributed by atoms with van der Waals surface area (Å²) in [5.74, 6) is 0. The molecule has 1 saturated heterocycles. The minimum absolute atomic E-state index is 0.00243. The molecular formula is C16H27N5O3S. The first-order valence-corrected chi connectivity index (χ1v) is 10.1. The highest BCUT2D eigenvalue weighted by molar-refractivity contribution is 7.89. The Morgan fingerprint density at radius 3 is 2.60 bits per heavy atom. The van der Waals surface area contributed by atoms with Crippen LogP contribution in [0.15, 0.2) is 12.4 Å². The molecular weight excluding hydrogens is 342 g/mol. The molecule has 0 bridgehead atoms. The second-order valence-corrected chi connectivity index (χ2v) is 9.06. The number of carbonyl (C=O) groups excluding carboxylic acids is 1. The fourth-order valence-corrected chi connectivity index (χ4v) is 4.05. The highest BCUT2D eigenvalue weighted by Crippen LogP contribution is 2.17. The fraction of sp³-hybridized carbons (Fsp3) is 0.688. The van der Waals surface area contributed by atoms with Crippen LogP contribution in [-0.4, -0.2) is 59.6 Å². The van der Waals surface area contributed by atoms with E-state index in [2.05, 4.69) is 20.6 Å². The normalized spacial score (nSPS) is 16.8. The van der Waals surface area contributed by atoms with Crippen LogP contribution in [0, 0.1) is 6.92 Å². The van der Waals surface area contributed by atoms with Crippen molar-refractivity contribution in [3.05, 3.63) is 23.8 Å². The first-order valence-electron chi connectivity index (χ1n) is 8.60. The SMILES string of the molecule is Cc1cncc(CCNC(=O)NC2CCN(S(=O)(=O)C(C)C)CC2)n1. The van der Waals surface area contributed by atoms with Gasteiger partial charge in [0.25, 0.3) is 0 Å². The van der Waals surface area contributed by atoms with Gasteiger partial charge in [-0.05, 0) is 33.6 Å². The number of nitrogens with one attached hydrogen (secondary N) is 2. The third-order valence-electron chi connectivity index (χ3n) is 4.22. The van der Waals surface area contributed by atoms with Crippen molar-refractivity contribution in [1.29, 1.82) is 0 Å². The van der Waals surface area contributed by atoms with Gasteiger partial charge in [-0.3, -0.25) is 9.97 Å². The fourth-order valence-electron chi connectivity index (χ4n) is 2.73. The lowest BCUT2D eigenvalue weighted by molar-refractivity contribution is 0.227. The molecule has 2 heterocycles. The summed E-state index contributed by atoms with van der Waals surface area (Å²) in [6, 6.07) is -0.233.